The fourth-order valence-corrected chi connectivity index (χ4v) is 3.33. The Bertz CT molecular complexity index is 908. The quantitative estimate of drug-likeness (QED) is 0.786. The van der Waals surface area contributed by atoms with E-state index >= 15 is 0 Å². The summed E-state index contributed by atoms with van der Waals surface area (Å²) in [6.45, 7) is 0. The maximum Gasteiger partial charge on any atom is 0.220 e. The number of nitrogens with zero attached hydrogens (tertiary/aromatic N) is 3. The lowest BCUT2D eigenvalue weighted by molar-refractivity contribution is 0.0963. The van der Waals surface area contributed by atoms with Crippen molar-refractivity contribution >= 4 is 11.7 Å². The van der Waals surface area contributed by atoms with Crippen molar-refractivity contribution in [3.63, 3.8) is 0 Å². The van der Waals surface area contributed by atoms with Crippen molar-refractivity contribution in [3.8, 4) is 11.1 Å². The van der Waals surface area contributed by atoms with Gasteiger partial charge < -0.3 is 5.73 Å². The zero-order chi connectivity index (χ0) is 16.5. The third-order valence-electron chi connectivity index (χ3n) is 4.45. The zero-order valence-corrected chi connectivity index (χ0v) is 13.0. The summed E-state index contributed by atoms with van der Waals surface area (Å²) in [4.78, 5) is 24.8. The van der Waals surface area contributed by atoms with Crippen LogP contribution in [0.1, 0.15) is 34.0 Å². The van der Waals surface area contributed by atoms with Crippen LogP contribution < -0.4 is 5.73 Å². The molecule has 2 heterocycles. The Hall–Kier alpha value is -3.08. The van der Waals surface area contributed by atoms with Crippen LogP contribution in [0.4, 0.5) is 5.95 Å². The molecule has 5 nitrogen and oxygen atoms in total. The summed E-state index contributed by atoms with van der Waals surface area (Å²) in [5, 5.41) is 0. The Morgan fingerprint density at radius 2 is 1.79 bits per heavy atom. The van der Waals surface area contributed by atoms with Gasteiger partial charge in [-0.3, -0.25) is 9.78 Å². The third-order valence-corrected chi connectivity index (χ3v) is 4.45. The van der Waals surface area contributed by atoms with Gasteiger partial charge in [-0.1, -0.05) is 24.3 Å². The van der Waals surface area contributed by atoms with Gasteiger partial charge in [0.15, 0.2) is 5.78 Å². The van der Waals surface area contributed by atoms with Gasteiger partial charge in [0.05, 0.1) is 11.3 Å². The smallest absolute Gasteiger partial charge is 0.220 e. The van der Waals surface area contributed by atoms with E-state index in [4.69, 9.17) is 5.73 Å². The van der Waals surface area contributed by atoms with Crippen molar-refractivity contribution in [2.24, 2.45) is 0 Å². The van der Waals surface area contributed by atoms with E-state index in [1.165, 1.54) is 0 Å². The van der Waals surface area contributed by atoms with Crippen LogP contribution in [-0.4, -0.2) is 20.7 Å². The van der Waals surface area contributed by atoms with Gasteiger partial charge in [0, 0.05) is 25.0 Å². The average molecular weight is 316 g/mol. The standard InChI is InChI=1S/C19H16N4O/c20-19-22-11-16-17(23-19)9-13(10-18(16)24)15-4-2-1-3-14(15)12-5-7-21-8-6-12/h1-8,11,13H,9-10H2,(H2,20,22,23). The molecule has 2 N–H and O–H groups in total. The van der Waals surface area contributed by atoms with E-state index in [0.717, 1.165) is 22.4 Å². The molecule has 1 atom stereocenters. The van der Waals surface area contributed by atoms with Gasteiger partial charge in [0.2, 0.25) is 5.95 Å². The number of carbonyl (C=O) groups excluding carboxylic acids is 1. The second-order valence-corrected chi connectivity index (χ2v) is 5.94. The van der Waals surface area contributed by atoms with Gasteiger partial charge in [0.1, 0.15) is 0 Å². The number of carbonyl (C=O) groups is 1. The van der Waals surface area contributed by atoms with Crippen molar-refractivity contribution < 1.29 is 4.79 Å². The van der Waals surface area contributed by atoms with Gasteiger partial charge in [0.25, 0.3) is 0 Å². The molecule has 4 rings (SSSR count). The van der Waals surface area contributed by atoms with E-state index in [2.05, 4.69) is 27.1 Å². The highest BCUT2D eigenvalue weighted by molar-refractivity contribution is 5.98. The maximum absolute atomic E-state index is 12.5. The van der Waals surface area contributed by atoms with Gasteiger partial charge in [-0.05, 0) is 41.2 Å². The number of Topliss-reactive ketones (excluding diaryl/α,β-unsaturated/α-hetero) is 1. The number of aromatic nitrogens is 3. The Kier molecular flexibility index (Phi) is 3.54. The molecule has 0 aliphatic heterocycles. The summed E-state index contributed by atoms with van der Waals surface area (Å²) in [5.41, 5.74) is 10.4. The summed E-state index contributed by atoms with van der Waals surface area (Å²) in [6.07, 6.45) is 6.26. The van der Waals surface area contributed by atoms with Crippen LogP contribution in [0.15, 0.2) is 55.0 Å². The Labute approximate surface area is 139 Å². The third kappa shape index (κ3) is 2.54. The number of anilines is 1. The molecule has 0 amide bonds. The predicted octanol–water partition coefficient (Wildman–Crippen LogP) is 3.03. The van der Waals surface area contributed by atoms with E-state index in [1.54, 1.807) is 18.6 Å². The molecule has 3 aromatic rings. The number of benzene rings is 1. The predicted molar refractivity (Wildman–Crippen MR) is 91.5 cm³/mol. The van der Waals surface area contributed by atoms with E-state index in [-0.39, 0.29) is 17.6 Å². The molecule has 1 unspecified atom stereocenters. The van der Waals surface area contributed by atoms with Gasteiger partial charge in [-0.25, -0.2) is 9.97 Å². The number of pyridine rings is 1. The van der Waals surface area contributed by atoms with Crippen LogP contribution in [-0.2, 0) is 6.42 Å². The van der Waals surface area contributed by atoms with Gasteiger partial charge >= 0.3 is 0 Å². The van der Waals surface area contributed by atoms with Crippen LogP contribution in [0, 0.1) is 0 Å². The lowest BCUT2D eigenvalue weighted by Crippen LogP contribution is -2.21. The SMILES string of the molecule is Nc1ncc2c(n1)CC(c1ccccc1-c1ccncc1)CC2=O. The van der Waals surface area contributed by atoms with Gasteiger partial charge in [-0.15, -0.1) is 0 Å². The van der Waals surface area contributed by atoms with E-state index < -0.39 is 0 Å². The summed E-state index contributed by atoms with van der Waals surface area (Å²) < 4.78 is 0. The highest BCUT2D eigenvalue weighted by Gasteiger charge is 2.29. The normalized spacial score (nSPS) is 16.7. The zero-order valence-electron chi connectivity index (χ0n) is 13.0. The lowest BCUT2D eigenvalue weighted by atomic mass is 9.79. The monoisotopic (exact) mass is 316 g/mol. The highest BCUT2D eigenvalue weighted by Crippen LogP contribution is 2.36. The largest absolute Gasteiger partial charge is 0.368 e. The van der Waals surface area contributed by atoms with E-state index in [0.29, 0.717) is 18.4 Å². The number of hydrogen-bond donors (Lipinski definition) is 1. The van der Waals surface area contributed by atoms with Crippen LogP contribution in [0.3, 0.4) is 0 Å². The van der Waals surface area contributed by atoms with Crippen molar-refractivity contribution in [1.29, 1.82) is 0 Å². The van der Waals surface area contributed by atoms with Crippen molar-refractivity contribution in [3.05, 3.63) is 71.8 Å². The minimum absolute atomic E-state index is 0.0748. The Morgan fingerprint density at radius 3 is 2.62 bits per heavy atom. The van der Waals surface area contributed by atoms with Crippen LogP contribution in [0.25, 0.3) is 11.1 Å². The number of fused-ring (bicyclic) bond motifs is 1. The van der Waals surface area contributed by atoms with Crippen molar-refractivity contribution in [2.75, 3.05) is 5.73 Å². The number of nitrogen functional groups attached to an aromatic ring is 1. The number of rotatable bonds is 2. The minimum Gasteiger partial charge on any atom is -0.368 e. The molecule has 0 saturated carbocycles. The molecule has 5 heteroatoms. The second kappa shape index (κ2) is 5.85. The molecule has 1 aromatic carbocycles. The second-order valence-electron chi connectivity index (χ2n) is 5.94. The molecular weight excluding hydrogens is 300 g/mol. The number of hydrogen-bond acceptors (Lipinski definition) is 5. The first-order valence-electron chi connectivity index (χ1n) is 7.86. The fourth-order valence-electron chi connectivity index (χ4n) is 3.33. The van der Waals surface area contributed by atoms with Crippen molar-refractivity contribution in [1.82, 2.24) is 15.0 Å². The molecule has 118 valence electrons. The summed E-state index contributed by atoms with van der Waals surface area (Å²) in [6, 6.07) is 12.2. The first-order valence-corrected chi connectivity index (χ1v) is 7.86. The Morgan fingerprint density at radius 1 is 1.00 bits per heavy atom. The number of ketones is 1. The van der Waals surface area contributed by atoms with Crippen LogP contribution >= 0.6 is 0 Å². The molecular formula is C19H16N4O. The fraction of sp³-hybridized carbons (Fsp3) is 0.158. The highest BCUT2D eigenvalue weighted by atomic mass is 16.1. The first kappa shape index (κ1) is 14.5. The summed E-state index contributed by atoms with van der Waals surface area (Å²) >= 11 is 0. The van der Waals surface area contributed by atoms with E-state index in [1.807, 2.05) is 24.3 Å². The molecule has 24 heavy (non-hydrogen) atoms. The number of nitrogens with two attached hydrogens (primary N) is 1. The molecule has 0 saturated heterocycles. The Balaban J connectivity index is 1.77. The molecule has 0 bridgehead atoms. The first-order chi connectivity index (χ1) is 11.7. The molecule has 0 radical (unpaired) electrons. The summed E-state index contributed by atoms with van der Waals surface area (Å²) in [7, 11) is 0. The molecule has 0 fully saturated rings. The molecule has 1 aliphatic carbocycles. The maximum atomic E-state index is 12.5. The average Bonchev–Trinajstić information content (AvgIpc) is 2.62. The molecule has 0 spiro atoms. The molecule has 1 aliphatic rings. The van der Waals surface area contributed by atoms with Gasteiger partial charge in [-0.2, -0.15) is 0 Å². The van der Waals surface area contributed by atoms with Crippen LogP contribution in [0.5, 0.6) is 0 Å². The summed E-state index contributed by atoms with van der Waals surface area (Å²) in [5.74, 6) is 0.374. The van der Waals surface area contributed by atoms with Crippen molar-refractivity contribution in [2.45, 2.75) is 18.8 Å². The van der Waals surface area contributed by atoms with E-state index in [9.17, 15) is 4.79 Å². The molecule has 2 aromatic heterocycles. The topological polar surface area (TPSA) is 81.8 Å². The van der Waals surface area contributed by atoms with Crippen LogP contribution in [0.2, 0.25) is 0 Å². The lowest BCUT2D eigenvalue weighted by Gasteiger charge is -2.25. The minimum atomic E-state index is 0.0748.